The molecule has 2 heterocycles. The lowest BCUT2D eigenvalue weighted by molar-refractivity contribution is 0.00412. The molecule has 1 saturated carbocycles. The van der Waals surface area contributed by atoms with Crippen LogP contribution in [0.4, 0.5) is 0 Å². The minimum Gasteiger partial charge on any atom is -0.378 e. The van der Waals surface area contributed by atoms with E-state index in [1.54, 1.807) is 6.26 Å². The van der Waals surface area contributed by atoms with E-state index in [0.717, 1.165) is 34.6 Å². The van der Waals surface area contributed by atoms with Gasteiger partial charge in [0.25, 0.3) is 0 Å². The molecule has 6 heteroatoms. The molecule has 0 saturated heterocycles. The number of nitrogens with zero attached hydrogens (tertiary/aromatic N) is 3. The van der Waals surface area contributed by atoms with Crippen molar-refractivity contribution < 1.29 is 8.95 Å². The van der Waals surface area contributed by atoms with E-state index in [9.17, 15) is 4.21 Å². The molecule has 1 aliphatic rings. The Morgan fingerprint density at radius 2 is 2.04 bits per heavy atom. The van der Waals surface area contributed by atoms with E-state index < -0.39 is 10.8 Å². The number of aromatic nitrogens is 3. The topological polar surface area (TPSA) is 57.0 Å². The molecule has 0 N–H and O–H groups in total. The van der Waals surface area contributed by atoms with Crippen LogP contribution in [0.3, 0.4) is 0 Å². The van der Waals surface area contributed by atoms with Crippen LogP contribution in [0, 0.1) is 0 Å². The molecule has 1 aromatic carbocycles. The molecule has 0 aliphatic heterocycles. The molecule has 0 bridgehead atoms. The highest BCUT2D eigenvalue weighted by atomic mass is 32.2. The Labute approximate surface area is 149 Å². The van der Waals surface area contributed by atoms with Gasteiger partial charge >= 0.3 is 0 Å². The first-order valence-electron chi connectivity index (χ1n) is 8.59. The van der Waals surface area contributed by atoms with Gasteiger partial charge in [0.15, 0.2) is 5.65 Å². The van der Waals surface area contributed by atoms with E-state index in [2.05, 4.69) is 16.1 Å². The number of hydrogen-bond acceptors (Lipinski definition) is 4. The molecule has 1 unspecified atom stereocenters. The summed E-state index contributed by atoms with van der Waals surface area (Å²) in [6, 6.07) is 9.71. The zero-order chi connectivity index (χ0) is 17.2. The van der Waals surface area contributed by atoms with Crippen molar-refractivity contribution in [2.75, 3.05) is 12.9 Å². The predicted octanol–water partition coefficient (Wildman–Crippen LogP) is 3.27. The summed E-state index contributed by atoms with van der Waals surface area (Å²) in [5.74, 6) is 0. The van der Waals surface area contributed by atoms with E-state index in [1.165, 1.54) is 24.8 Å². The third-order valence-corrected chi connectivity index (χ3v) is 5.61. The second-order valence-electron chi connectivity index (χ2n) is 6.43. The van der Waals surface area contributed by atoms with Crippen LogP contribution in [-0.4, -0.2) is 37.9 Å². The first kappa shape index (κ1) is 16.4. The van der Waals surface area contributed by atoms with Gasteiger partial charge in [0.05, 0.1) is 24.6 Å². The summed E-state index contributed by atoms with van der Waals surface area (Å²) in [5, 5.41) is 5.48. The number of fused-ring (bicyclic) bond motifs is 1. The van der Waals surface area contributed by atoms with Gasteiger partial charge in [-0.2, -0.15) is 5.10 Å². The van der Waals surface area contributed by atoms with Gasteiger partial charge in [-0.1, -0.05) is 0 Å². The third kappa shape index (κ3) is 3.50. The Kier molecular flexibility index (Phi) is 4.63. The standard InChI is InChI=1S/C19H21N3O2S/c1-25(23)18-7-5-16(6-8-18)22-19-15(13-21-22)11-14(12-20-19)9-10-24-17-3-2-4-17/h5-8,11-13,17H,2-4,9-10H2,1H3. The second kappa shape index (κ2) is 7.06. The number of benzene rings is 1. The van der Waals surface area contributed by atoms with Crippen LogP contribution in [0.25, 0.3) is 16.7 Å². The Hall–Kier alpha value is -2.05. The van der Waals surface area contributed by atoms with Crippen LogP contribution < -0.4 is 0 Å². The first-order valence-corrected chi connectivity index (χ1v) is 10.1. The van der Waals surface area contributed by atoms with Gasteiger partial charge in [-0.3, -0.25) is 4.21 Å². The summed E-state index contributed by atoms with van der Waals surface area (Å²) >= 11 is 0. The Morgan fingerprint density at radius 1 is 1.24 bits per heavy atom. The Morgan fingerprint density at radius 3 is 2.72 bits per heavy atom. The molecule has 1 aliphatic carbocycles. The number of rotatable bonds is 6. The van der Waals surface area contributed by atoms with Gasteiger partial charge in [0, 0.05) is 33.5 Å². The molecule has 2 aromatic heterocycles. The molecule has 0 amide bonds. The van der Waals surface area contributed by atoms with Crippen molar-refractivity contribution in [3.8, 4) is 5.69 Å². The fraction of sp³-hybridized carbons (Fsp3) is 0.368. The van der Waals surface area contributed by atoms with Crippen LogP contribution >= 0.6 is 0 Å². The van der Waals surface area contributed by atoms with Gasteiger partial charge in [-0.15, -0.1) is 0 Å². The third-order valence-electron chi connectivity index (χ3n) is 4.67. The highest BCUT2D eigenvalue weighted by Crippen LogP contribution is 2.22. The van der Waals surface area contributed by atoms with E-state index in [4.69, 9.17) is 4.74 Å². The van der Waals surface area contributed by atoms with Gasteiger partial charge in [0.2, 0.25) is 0 Å². The lowest BCUT2D eigenvalue weighted by Gasteiger charge is -2.25. The summed E-state index contributed by atoms with van der Waals surface area (Å²) in [7, 11) is -0.975. The average Bonchev–Trinajstić information content (AvgIpc) is 3.00. The van der Waals surface area contributed by atoms with E-state index in [-0.39, 0.29) is 0 Å². The Balaban J connectivity index is 1.51. The zero-order valence-electron chi connectivity index (χ0n) is 14.2. The fourth-order valence-corrected chi connectivity index (χ4v) is 3.47. The average molecular weight is 355 g/mol. The SMILES string of the molecule is CS(=O)c1ccc(-n2ncc3cc(CCOC4CCC4)cnc32)cc1. The van der Waals surface area contributed by atoms with Gasteiger partial charge in [-0.05, 0) is 61.6 Å². The van der Waals surface area contributed by atoms with Crippen molar-refractivity contribution in [1.82, 2.24) is 14.8 Å². The molecule has 4 rings (SSSR count). The molecule has 1 fully saturated rings. The Bertz CT molecular complexity index is 901. The summed E-state index contributed by atoms with van der Waals surface area (Å²) < 4.78 is 19.1. The van der Waals surface area contributed by atoms with Crippen molar-refractivity contribution in [2.45, 2.75) is 36.7 Å². The number of ether oxygens (including phenoxy) is 1. The van der Waals surface area contributed by atoms with Crippen molar-refractivity contribution in [3.63, 3.8) is 0 Å². The van der Waals surface area contributed by atoms with E-state index in [1.807, 2.05) is 41.3 Å². The molecule has 0 radical (unpaired) electrons. The van der Waals surface area contributed by atoms with Gasteiger partial charge < -0.3 is 4.74 Å². The molecule has 130 valence electrons. The normalized spacial score (nSPS) is 16.0. The summed E-state index contributed by atoms with van der Waals surface area (Å²) in [4.78, 5) is 5.40. The second-order valence-corrected chi connectivity index (χ2v) is 7.81. The smallest absolute Gasteiger partial charge is 0.162 e. The van der Waals surface area contributed by atoms with Crippen molar-refractivity contribution in [3.05, 3.63) is 48.3 Å². The van der Waals surface area contributed by atoms with Crippen LogP contribution in [0.5, 0.6) is 0 Å². The highest BCUT2D eigenvalue weighted by molar-refractivity contribution is 7.84. The minimum atomic E-state index is -0.975. The van der Waals surface area contributed by atoms with Gasteiger partial charge in [-0.25, -0.2) is 9.67 Å². The molecule has 3 aromatic rings. The maximum Gasteiger partial charge on any atom is 0.162 e. The van der Waals surface area contributed by atoms with E-state index >= 15 is 0 Å². The summed E-state index contributed by atoms with van der Waals surface area (Å²) in [5.41, 5.74) is 2.91. The quantitative estimate of drug-likeness (QED) is 0.681. The van der Waals surface area contributed by atoms with Crippen molar-refractivity contribution in [1.29, 1.82) is 0 Å². The molecular weight excluding hydrogens is 334 g/mol. The first-order chi connectivity index (χ1) is 12.2. The molecule has 5 nitrogen and oxygen atoms in total. The summed E-state index contributed by atoms with van der Waals surface area (Å²) in [6.45, 7) is 0.752. The van der Waals surface area contributed by atoms with Crippen LogP contribution in [0.1, 0.15) is 24.8 Å². The summed E-state index contributed by atoms with van der Waals surface area (Å²) in [6.07, 6.45) is 10.5. The largest absolute Gasteiger partial charge is 0.378 e. The maximum atomic E-state index is 11.5. The molecular formula is C19H21N3O2S. The number of hydrogen-bond donors (Lipinski definition) is 0. The predicted molar refractivity (Wildman–Crippen MR) is 98.5 cm³/mol. The van der Waals surface area contributed by atoms with Crippen molar-refractivity contribution >= 4 is 21.8 Å². The lowest BCUT2D eigenvalue weighted by atomic mass is 9.96. The van der Waals surface area contributed by atoms with Crippen LogP contribution in [0.2, 0.25) is 0 Å². The highest BCUT2D eigenvalue weighted by Gasteiger charge is 2.17. The molecule has 1 atom stereocenters. The van der Waals surface area contributed by atoms with Crippen LogP contribution in [-0.2, 0) is 22.0 Å². The fourth-order valence-electron chi connectivity index (χ4n) is 2.95. The monoisotopic (exact) mass is 355 g/mol. The van der Waals surface area contributed by atoms with E-state index in [0.29, 0.717) is 6.10 Å². The maximum absolute atomic E-state index is 11.5. The van der Waals surface area contributed by atoms with Crippen LogP contribution in [0.15, 0.2) is 47.6 Å². The molecule has 0 spiro atoms. The zero-order valence-corrected chi connectivity index (χ0v) is 15.0. The lowest BCUT2D eigenvalue weighted by Crippen LogP contribution is -2.22. The van der Waals surface area contributed by atoms with Crippen molar-refractivity contribution in [2.24, 2.45) is 0 Å². The van der Waals surface area contributed by atoms with Gasteiger partial charge in [0.1, 0.15) is 0 Å². The molecule has 25 heavy (non-hydrogen) atoms. The minimum absolute atomic E-state index is 0.472. The number of pyridine rings is 1.